The molecule has 0 radical (unpaired) electrons. The maximum Gasteiger partial charge on any atom is 0.251 e. The third-order valence-corrected chi connectivity index (χ3v) is 6.64. The number of nitrogens with one attached hydrogen (secondary N) is 2. The number of carbonyl (C=O) groups excluding carboxylic acids is 1. The van der Waals surface area contributed by atoms with Gasteiger partial charge >= 0.3 is 0 Å². The third kappa shape index (κ3) is 3.56. The first kappa shape index (κ1) is 18.7. The zero-order valence-electron chi connectivity index (χ0n) is 16.1. The molecular formula is C22H24N2O3S. The molecule has 0 spiro atoms. The van der Waals surface area contributed by atoms with E-state index in [1.54, 1.807) is 24.3 Å². The van der Waals surface area contributed by atoms with Crippen molar-refractivity contribution >= 4 is 26.6 Å². The second-order valence-electron chi connectivity index (χ2n) is 7.59. The lowest BCUT2D eigenvalue weighted by Gasteiger charge is -2.15. The molecular weight excluding hydrogens is 372 g/mol. The summed E-state index contributed by atoms with van der Waals surface area (Å²) in [4.78, 5) is 16.5. The van der Waals surface area contributed by atoms with E-state index in [1.807, 2.05) is 25.1 Å². The first-order valence-electron chi connectivity index (χ1n) is 9.57. The van der Waals surface area contributed by atoms with Crippen molar-refractivity contribution < 1.29 is 13.2 Å². The van der Waals surface area contributed by atoms with Gasteiger partial charge < -0.3 is 10.3 Å². The molecule has 0 bridgehead atoms. The Hall–Kier alpha value is -2.60. The van der Waals surface area contributed by atoms with E-state index in [2.05, 4.69) is 10.3 Å². The fourth-order valence-corrected chi connectivity index (χ4v) is 4.54. The molecule has 1 atom stereocenters. The lowest BCUT2D eigenvalue weighted by atomic mass is 9.95. The lowest BCUT2D eigenvalue weighted by molar-refractivity contribution is 0.0940. The molecule has 0 fully saturated rings. The molecule has 1 aliphatic rings. The number of aryl methyl sites for hydroxylation is 2. The van der Waals surface area contributed by atoms with Gasteiger partial charge in [0.15, 0.2) is 9.84 Å². The van der Waals surface area contributed by atoms with Crippen LogP contribution in [0.5, 0.6) is 0 Å². The van der Waals surface area contributed by atoms with Crippen LogP contribution in [0.1, 0.15) is 53.0 Å². The van der Waals surface area contributed by atoms with Gasteiger partial charge in [-0.2, -0.15) is 0 Å². The average molecular weight is 397 g/mol. The van der Waals surface area contributed by atoms with Gasteiger partial charge in [-0.15, -0.1) is 0 Å². The minimum Gasteiger partial charge on any atom is -0.358 e. The highest BCUT2D eigenvalue weighted by atomic mass is 32.2. The van der Waals surface area contributed by atoms with E-state index in [9.17, 15) is 13.2 Å². The number of sulfone groups is 1. The molecule has 0 aliphatic heterocycles. The standard InChI is InChI=1S/C22H24N2O3S/c1-14(15-7-10-17(11-8-15)28(2,26)27)23-22(25)16-9-12-21-19(13-16)18-5-3-4-6-20(18)24-21/h7-14,24H,3-6H2,1-2H3,(H,23,25). The van der Waals surface area contributed by atoms with E-state index >= 15 is 0 Å². The predicted octanol–water partition coefficient (Wildman–Crippen LogP) is 3.94. The zero-order valence-corrected chi connectivity index (χ0v) is 16.9. The van der Waals surface area contributed by atoms with Gasteiger partial charge in [0.1, 0.15) is 0 Å². The van der Waals surface area contributed by atoms with Crippen molar-refractivity contribution in [1.29, 1.82) is 0 Å². The number of rotatable bonds is 4. The molecule has 1 amide bonds. The van der Waals surface area contributed by atoms with Crippen LogP contribution in [-0.4, -0.2) is 25.6 Å². The largest absolute Gasteiger partial charge is 0.358 e. The number of benzene rings is 2. The van der Waals surface area contributed by atoms with Crippen molar-refractivity contribution in [3.8, 4) is 0 Å². The molecule has 28 heavy (non-hydrogen) atoms. The summed E-state index contributed by atoms with van der Waals surface area (Å²) in [5.74, 6) is -0.132. The first-order chi connectivity index (χ1) is 13.3. The smallest absolute Gasteiger partial charge is 0.251 e. The topological polar surface area (TPSA) is 79.0 Å². The molecule has 0 saturated heterocycles. The van der Waals surface area contributed by atoms with Crippen LogP contribution in [0, 0.1) is 0 Å². The van der Waals surface area contributed by atoms with Gasteiger partial charge in [-0.25, -0.2) is 8.42 Å². The number of hydrogen-bond acceptors (Lipinski definition) is 3. The summed E-state index contributed by atoms with van der Waals surface area (Å²) >= 11 is 0. The van der Waals surface area contributed by atoms with E-state index in [0.717, 1.165) is 29.3 Å². The van der Waals surface area contributed by atoms with Crippen LogP contribution in [0.2, 0.25) is 0 Å². The normalized spacial score (nSPS) is 15.2. The molecule has 1 heterocycles. The maximum atomic E-state index is 12.8. The number of fused-ring (bicyclic) bond motifs is 3. The number of carbonyl (C=O) groups is 1. The number of hydrogen-bond donors (Lipinski definition) is 2. The Morgan fingerprint density at radius 3 is 2.50 bits per heavy atom. The van der Waals surface area contributed by atoms with Crippen molar-refractivity contribution in [3.63, 3.8) is 0 Å². The molecule has 5 nitrogen and oxygen atoms in total. The second-order valence-corrected chi connectivity index (χ2v) is 9.60. The van der Waals surface area contributed by atoms with E-state index < -0.39 is 9.84 Å². The maximum absolute atomic E-state index is 12.8. The van der Waals surface area contributed by atoms with Crippen LogP contribution in [0.25, 0.3) is 10.9 Å². The monoisotopic (exact) mass is 396 g/mol. The molecule has 6 heteroatoms. The van der Waals surface area contributed by atoms with Gasteiger partial charge in [-0.3, -0.25) is 4.79 Å². The minimum absolute atomic E-state index is 0.132. The molecule has 0 saturated carbocycles. The van der Waals surface area contributed by atoms with Crippen LogP contribution in [0.4, 0.5) is 0 Å². The third-order valence-electron chi connectivity index (χ3n) is 5.52. The summed E-state index contributed by atoms with van der Waals surface area (Å²) < 4.78 is 23.2. The average Bonchev–Trinajstić information content (AvgIpc) is 3.05. The Balaban J connectivity index is 1.54. The predicted molar refractivity (Wildman–Crippen MR) is 110 cm³/mol. The van der Waals surface area contributed by atoms with Gasteiger partial charge in [-0.05, 0) is 74.1 Å². The highest BCUT2D eigenvalue weighted by Gasteiger charge is 2.18. The summed E-state index contributed by atoms with van der Waals surface area (Å²) in [6.07, 6.45) is 5.72. The van der Waals surface area contributed by atoms with Crippen molar-refractivity contribution in [3.05, 3.63) is 64.8 Å². The Kier molecular flexibility index (Phi) is 4.75. The van der Waals surface area contributed by atoms with Gasteiger partial charge in [0.25, 0.3) is 5.91 Å². The van der Waals surface area contributed by atoms with Crippen LogP contribution in [0.3, 0.4) is 0 Å². The SMILES string of the molecule is CC(NC(=O)c1ccc2[nH]c3c(c2c1)CCCC3)c1ccc(S(C)(=O)=O)cc1. The molecule has 3 aromatic rings. The lowest BCUT2D eigenvalue weighted by Crippen LogP contribution is -2.26. The molecule has 2 aromatic carbocycles. The molecule has 1 unspecified atom stereocenters. The molecule has 1 aromatic heterocycles. The molecule has 4 rings (SSSR count). The Labute approximate surface area is 165 Å². The highest BCUT2D eigenvalue weighted by Crippen LogP contribution is 2.30. The fraction of sp³-hybridized carbons (Fsp3) is 0.318. The fourth-order valence-electron chi connectivity index (χ4n) is 3.91. The van der Waals surface area contributed by atoms with E-state index in [-0.39, 0.29) is 16.8 Å². The Morgan fingerprint density at radius 1 is 1.07 bits per heavy atom. The van der Waals surface area contributed by atoms with Crippen molar-refractivity contribution in [2.45, 2.75) is 43.5 Å². The number of amides is 1. The minimum atomic E-state index is -3.22. The zero-order chi connectivity index (χ0) is 19.9. The summed E-state index contributed by atoms with van der Waals surface area (Å²) in [5.41, 5.74) is 5.24. The van der Waals surface area contributed by atoms with Gasteiger partial charge in [0.05, 0.1) is 10.9 Å². The molecule has 1 aliphatic carbocycles. The molecule has 2 N–H and O–H groups in total. The number of aromatic nitrogens is 1. The summed E-state index contributed by atoms with van der Waals surface area (Å²) in [7, 11) is -3.22. The van der Waals surface area contributed by atoms with Gasteiger partial charge in [-0.1, -0.05) is 12.1 Å². The van der Waals surface area contributed by atoms with Gasteiger partial charge in [0, 0.05) is 28.4 Å². The van der Waals surface area contributed by atoms with Crippen molar-refractivity contribution in [2.24, 2.45) is 0 Å². The number of H-pyrrole nitrogens is 1. The summed E-state index contributed by atoms with van der Waals surface area (Å²) in [5, 5.41) is 4.15. The second kappa shape index (κ2) is 7.09. The van der Waals surface area contributed by atoms with E-state index in [0.29, 0.717) is 5.56 Å². The summed E-state index contributed by atoms with van der Waals surface area (Å²) in [6.45, 7) is 1.89. The summed E-state index contributed by atoms with van der Waals surface area (Å²) in [6, 6.07) is 12.2. The van der Waals surface area contributed by atoms with Crippen LogP contribution >= 0.6 is 0 Å². The highest BCUT2D eigenvalue weighted by molar-refractivity contribution is 7.90. The van der Waals surface area contributed by atoms with Crippen molar-refractivity contribution in [1.82, 2.24) is 10.3 Å². The quantitative estimate of drug-likeness (QED) is 0.701. The first-order valence-corrected chi connectivity index (χ1v) is 11.5. The molecule has 146 valence electrons. The Morgan fingerprint density at radius 2 is 1.79 bits per heavy atom. The van der Waals surface area contributed by atoms with Crippen LogP contribution in [0.15, 0.2) is 47.4 Å². The van der Waals surface area contributed by atoms with Crippen LogP contribution < -0.4 is 5.32 Å². The van der Waals surface area contributed by atoms with E-state index in [4.69, 9.17) is 0 Å². The van der Waals surface area contributed by atoms with E-state index in [1.165, 1.54) is 30.4 Å². The number of aromatic amines is 1. The van der Waals surface area contributed by atoms with Crippen LogP contribution in [-0.2, 0) is 22.7 Å². The van der Waals surface area contributed by atoms with Crippen molar-refractivity contribution in [2.75, 3.05) is 6.26 Å². The Bertz CT molecular complexity index is 1140. The van der Waals surface area contributed by atoms with Gasteiger partial charge in [0.2, 0.25) is 0 Å².